The van der Waals surface area contributed by atoms with Crippen molar-refractivity contribution in [1.29, 1.82) is 0 Å². The van der Waals surface area contributed by atoms with Gasteiger partial charge in [-0.1, -0.05) is 23.7 Å². The molecule has 11 heteroatoms. The van der Waals surface area contributed by atoms with Crippen LogP contribution >= 0.6 is 11.6 Å². The van der Waals surface area contributed by atoms with E-state index in [9.17, 15) is 27.7 Å². The Morgan fingerprint density at radius 1 is 1.27 bits per heavy atom. The third-order valence-electron chi connectivity index (χ3n) is 5.01. The molecule has 30 heavy (non-hydrogen) atoms. The number of halogens is 2. The maximum atomic E-state index is 13.8. The Morgan fingerprint density at radius 3 is 2.50 bits per heavy atom. The number of hydrogen-bond acceptors (Lipinski definition) is 5. The van der Waals surface area contributed by atoms with Crippen molar-refractivity contribution < 1.29 is 22.5 Å². The minimum Gasteiger partial charge on any atom is -0.338 e. The van der Waals surface area contributed by atoms with Crippen molar-refractivity contribution in [1.82, 2.24) is 9.62 Å². The number of sulfonamides is 1. The van der Waals surface area contributed by atoms with Crippen molar-refractivity contribution >= 4 is 33.2 Å². The van der Waals surface area contributed by atoms with Gasteiger partial charge >= 0.3 is 0 Å². The molecule has 0 spiro atoms. The SMILES string of the molecule is Cc1c(Cl)cc(S(=O)(=O)NC2CCN(C(=O)c3ccccc3F)CC2)cc1[N+](=O)[O-]. The van der Waals surface area contributed by atoms with E-state index in [1.807, 2.05) is 0 Å². The Kier molecular flexibility index (Phi) is 6.39. The molecule has 1 aliphatic heterocycles. The van der Waals surface area contributed by atoms with E-state index in [1.54, 1.807) is 6.07 Å². The lowest BCUT2D eigenvalue weighted by atomic mass is 10.0. The highest BCUT2D eigenvalue weighted by atomic mass is 35.5. The number of carbonyl (C=O) groups excluding carboxylic acids is 1. The van der Waals surface area contributed by atoms with Crippen LogP contribution in [0.5, 0.6) is 0 Å². The number of rotatable bonds is 5. The molecule has 1 aliphatic rings. The van der Waals surface area contributed by atoms with Crippen LogP contribution in [-0.4, -0.2) is 43.3 Å². The predicted octanol–water partition coefficient (Wildman–Crippen LogP) is 3.28. The lowest BCUT2D eigenvalue weighted by Gasteiger charge is -2.32. The van der Waals surface area contributed by atoms with Gasteiger partial charge in [0.15, 0.2) is 0 Å². The fourth-order valence-electron chi connectivity index (χ4n) is 3.28. The van der Waals surface area contributed by atoms with Crippen LogP contribution in [0.4, 0.5) is 10.1 Å². The molecule has 1 amide bonds. The van der Waals surface area contributed by atoms with E-state index in [4.69, 9.17) is 11.6 Å². The predicted molar refractivity (Wildman–Crippen MR) is 108 cm³/mol. The van der Waals surface area contributed by atoms with Crippen LogP contribution in [0.2, 0.25) is 5.02 Å². The first-order valence-electron chi connectivity index (χ1n) is 9.11. The van der Waals surface area contributed by atoms with Gasteiger partial charge in [0.1, 0.15) is 5.82 Å². The maximum Gasteiger partial charge on any atom is 0.275 e. The summed E-state index contributed by atoms with van der Waals surface area (Å²) in [5.41, 5.74) is -0.230. The summed E-state index contributed by atoms with van der Waals surface area (Å²) in [6, 6.07) is 7.35. The molecule has 1 saturated heterocycles. The third kappa shape index (κ3) is 4.61. The molecule has 2 aromatic rings. The van der Waals surface area contributed by atoms with Gasteiger partial charge in [0.05, 0.1) is 20.4 Å². The Labute approximate surface area is 177 Å². The van der Waals surface area contributed by atoms with Crippen LogP contribution < -0.4 is 4.72 Å². The summed E-state index contributed by atoms with van der Waals surface area (Å²) in [6.07, 6.45) is 0.641. The molecule has 0 aliphatic carbocycles. The zero-order valence-corrected chi connectivity index (χ0v) is 17.5. The van der Waals surface area contributed by atoms with Crippen molar-refractivity contribution in [2.45, 2.75) is 30.7 Å². The Bertz CT molecular complexity index is 1100. The molecule has 2 aromatic carbocycles. The fraction of sp³-hybridized carbons (Fsp3) is 0.316. The second-order valence-electron chi connectivity index (χ2n) is 6.97. The lowest BCUT2D eigenvalue weighted by molar-refractivity contribution is -0.385. The van der Waals surface area contributed by atoms with Crippen molar-refractivity contribution in [3.05, 3.63) is 68.5 Å². The van der Waals surface area contributed by atoms with Crippen LogP contribution in [0.1, 0.15) is 28.8 Å². The van der Waals surface area contributed by atoms with Gasteiger partial charge < -0.3 is 4.90 Å². The topological polar surface area (TPSA) is 110 Å². The number of hydrogen-bond donors (Lipinski definition) is 1. The molecule has 3 rings (SSSR count). The molecular formula is C19H19ClFN3O5S. The van der Waals surface area contributed by atoms with E-state index in [0.717, 1.165) is 6.07 Å². The molecular weight excluding hydrogens is 437 g/mol. The standard InChI is InChI=1S/C19H19ClFN3O5S/c1-12-16(20)10-14(11-18(12)24(26)27)30(28,29)22-13-6-8-23(9-7-13)19(25)15-4-2-3-5-17(15)21/h2-5,10-11,13,22H,6-9H2,1H3. The quantitative estimate of drug-likeness (QED) is 0.549. The lowest BCUT2D eigenvalue weighted by Crippen LogP contribution is -2.46. The van der Waals surface area contributed by atoms with Gasteiger partial charge in [0, 0.05) is 30.8 Å². The Balaban J connectivity index is 1.69. The third-order valence-corrected chi connectivity index (χ3v) is 6.90. The highest BCUT2D eigenvalue weighted by molar-refractivity contribution is 7.89. The van der Waals surface area contributed by atoms with Crippen LogP contribution in [0.3, 0.4) is 0 Å². The number of nitro benzene ring substituents is 1. The van der Waals surface area contributed by atoms with Crippen LogP contribution in [0.15, 0.2) is 41.3 Å². The summed E-state index contributed by atoms with van der Waals surface area (Å²) >= 11 is 5.97. The molecule has 1 heterocycles. The van der Waals surface area contributed by atoms with Gasteiger partial charge in [-0.2, -0.15) is 0 Å². The van der Waals surface area contributed by atoms with Crippen LogP contribution in [0.25, 0.3) is 0 Å². The van der Waals surface area contributed by atoms with Gasteiger partial charge in [-0.25, -0.2) is 17.5 Å². The Hall–Kier alpha value is -2.56. The summed E-state index contributed by atoms with van der Waals surface area (Å²) < 4.78 is 41.7. The average molecular weight is 456 g/mol. The monoisotopic (exact) mass is 455 g/mol. The minimum atomic E-state index is -4.05. The average Bonchev–Trinajstić information content (AvgIpc) is 2.69. The number of nitro groups is 1. The van der Waals surface area contributed by atoms with Crippen LogP contribution in [-0.2, 0) is 10.0 Å². The number of carbonyl (C=O) groups is 1. The summed E-state index contributed by atoms with van der Waals surface area (Å²) in [4.78, 5) is 24.1. The molecule has 1 N–H and O–H groups in total. The first kappa shape index (κ1) is 22.1. The number of likely N-dealkylation sites (tertiary alicyclic amines) is 1. The Morgan fingerprint density at radius 2 is 1.90 bits per heavy atom. The van der Waals surface area contributed by atoms with Crippen LogP contribution in [0, 0.1) is 22.9 Å². The molecule has 0 bridgehead atoms. The second kappa shape index (κ2) is 8.66. The summed E-state index contributed by atoms with van der Waals surface area (Å²) in [5, 5.41) is 11.1. The van der Waals surface area contributed by atoms with E-state index in [1.165, 1.54) is 36.1 Å². The summed E-state index contributed by atoms with van der Waals surface area (Å²) in [5.74, 6) is -1.06. The summed E-state index contributed by atoms with van der Waals surface area (Å²) in [6.45, 7) is 1.93. The van der Waals surface area contributed by atoms with Crippen molar-refractivity contribution in [2.75, 3.05) is 13.1 Å². The highest BCUT2D eigenvalue weighted by Gasteiger charge is 2.29. The van der Waals surface area contributed by atoms with Crippen molar-refractivity contribution in [3.8, 4) is 0 Å². The highest BCUT2D eigenvalue weighted by Crippen LogP contribution is 2.30. The smallest absolute Gasteiger partial charge is 0.275 e. The van der Waals surface area contributed by atoms with Gasteiger partial charge in [-0.05, 0) is 38.0 Å². The number of benzene rings is 2. The van der Waals surface area contributed by atoms with Gasteiger partial charge in [0.2, 0.25) is 10.0 Å². The first-order valence-corrected chi connectivity index (χ1v) is 11.0. The van der Waals surface area contributed by atoms with Gasteiger partial charge in [-0.15, -0.1) is 0 Å². The maximum absolute atomic E-state index is 13.8. The first-order chi connectivity index (χ1) is 14.1. The molecule has 0 saturated carbocycles. The minimum absolute atomic E-state index is 0.0186. The molecule has 0 atom stereocenters. The zero-order chi connectivity index (χ0) is 22.1. The van der Waals surface area contributed by atoms with E-state index in [2.05, 4.69) is 4.72 Å². The molecule has 0 aromatic heterocycles. The fourth-order valence-corrected chi connectivity index (χ4v) is 4.91. The molecule has 0 radical (unpaired) electrons. The van der Waals surface area contributed by atoms with Crippen molar-refractivity contribution in [3.63, 3.8) is 0 Å². The number of amides is 1. The number of piperidine rings is 1. The summed E-state index contributed by atoms with van der Waals surface area (Å²) in [7, 11) is -4.05. The van der Waals surface area contributed by atoms with E-state index in [-0.39, 0.29) is 39.8 Å². The van der Waals surface area contributed by atoms with E-state index >= 15 is 0 Å². The van der Waals surface area contributed by atoms with E-state index < -0.39 is 32.7 Å². The van der Waals surface area contributed by atoms with E-state index in [0.29, 0.717) is 12.8 Å². The van der Waals surface area contributed by atoms with Gasteiger partial charge in [0.25, 0.3) is 11.6 Å². The molecule has 0 unspecified atom stereocenters. The number of nitrogens with zero attached hydrogens (tertiary/aromatic N) is 2. The molecule has 8 nitrogen and oxygen atoms in total. The zero-order valence-electron chi connectivity index (χ0n) is 16.0. The second-order valence-corrected chi connectivity index (χ2v) is 9.10. The van der Waals surface area contributed by atoms with Gasteiger partial charge in [-0.3, -0.25) is 14.9 Å². The largest absolute Gasteiger partial charge is 0.338 e. The molecule has 1 fully saturated rings. The normalized spacial score (nSPS) is 15.2. The molecule has 160 valence electrons. The van der Waals surface area contributed by atoms with Crippen molar-refractivity contribution in [2.24, 2.45) is 0 Å². The number of nitrogens with one attached hydrogen (secondary N) is 1.